The van der Waals surface area contributed by atoms with Crippen LogP contribution in [0.15, 0.2) is 84.9 Å². The molecular weight excluding hydrogens is 284 g/mol. The quantitative estimate of drug-likeness (QED) is 0.726. The van der Waals surface area contributed by atoms with Gasteiger partial charge in [-0.2, -0.15) is 0 Å². The minimum Gasteiger partial charge on any atom is -0.381 e. The molecule has 0 aromatic heterocycles. The molecule has 0 saturated heterocycles. The topological polar surface area (TPSA) is 41.1 Å². The van der Waals surface area contributed by atoms with Crippen molar-refractivity contribution in [2.24, 2.45) is 0 Å². The monoisotopic (exact) mass is 302 g/mol. The van der Waals surface area contributed by atoms with Crippen molar-refractivity contribution >= 4 is 17.3 Å². The lowest BCUT2D eigenvalue weighted by Crippen LogP contribution is -2.11. The van der Waals surface area contributed by atoms with E-state index in [9.17, 15) is 4.79 Å². The first-order chi connectivity index (χ1) is 11.3. The summed E-state index contributed by atoms with van der Waals surface area (Å²) in [7, 11) is 0. The molecular formula is C20H18N2O. The normalized spacial score (nSPS) is 10.1. The number of anilines is 2. The van der Waals surface area contributed by atoms with Gasteiger partial charge in [-0.15, -0.1) is 0 Å². The van der Waals surface area contributed by atoms with Gasteiger partial charge in [-0.1, -0.05) is 48.5 Å². The van der Waals surface area contributed by atoms with Gasteiger partial charge in [0, 0.05) is 23.5 Å². The van der Waals surface area contributed by atoms with Gasteiger partial charge in [-0.05, 0) is 42.0 Å². The fraction of sp³-hybridized carbons (Fsp3) is 0.0500. The van der Waals surface area contributed by atoms with Crippen LogP contribution in [0.3, 0.4) is 0 Å². The Morgan fingerprint density at radius 3 is 1.91 bits per heavy atom. The zero-order valence-electron chi connectivity index (χ0n) is 12.7. The van der Waals surface area contributed by atoms with E-state index in [0.717, 1.165) is 17.9 Å². The molecule has 1 amide bonds. The second-order valence-corrected chi connectivity index (χ2v) is 5.24. The van der Waals surface area contributed by atoms with Gasteiger partial charge in [0.15, 0.2) is 0 Å². The van der Waals surface area contributed by atoms with Gasteiger partial charge >= 0.3 is 0 Å². The van der Waals surface area contributed by atoms with Gasteiger partial charge in [-0.3, -0.25) is 4.79 Å². The van der Waals surface area contributed by atoms with Crippen LogP contribution in [0.5, 0.6) is 0 Å². The Hall–Kier alpha value is -3.07. The van der Waals surface area contributed by atoms with E-state index < -0.39 is 0 Å². The molecule has 114 valence electrons. The maximum atomic E-state index is 12.1. The molecule has 3 nitrogen and oxygen atoms in total. The summed E-state index contributed by atoms with van der Waals surface area (Å²) in [4.78, 5) is 12.1. The minimum absolute atomic E-state index is 0.101. The molecule has 0 bridgehead atoms. The Balaban J connectivity index is 1.58. The van der Waals surface area contributed by atoms with E-state index in [0.29, 0.717) is 5.56 Å². The molecule has 3 aromatic carbocycles. The summed E-state index contributed by atoms with van der Waals surface area (Å²) in [6.45, 7) is 0.774. The molecule has 0 aliphatic heterocycles. The van der Waals surface area contributed by atoms with Crippen LogP contribution in [-0.2, 0) is 6.54 Å². The van der Waals surface area contributed by atoms with Gasteiger partial charge in [0.2, 0.25) is 0 Å². The molecule has 3 aromatic rings. The molecule has 23 heavy (non-hydrogen) atoms. The molecule has 0 radical (unpaired) electrons. The van der Waals surface area contributed by atoms with Crippen molar-refractivity contribution in [3.8, 4) is 0 Å². The van der Waals surface area contributed by atoms with E-state index in [2.05, 4.69) is 22.8 Å². The third-order valence-electron chi connectivity index (χ3n) is 3.52. The number of rotatable bonds is 5. The van der Waals surface area contributed by atoms with Gasteiger partial charge < -0.3 is 10.6 Å². The zero-order chi connectivity index (χ0) is 15.9. The van der Waals surface area contributed by atoms with Gasteiger partial charge in [0.25, 0.3) is 5.91 Å². The largest absolute Gasteiger partial charge is 0.381 e. The summed E-state index contributed by atoms with van der Waals surface area (Å²) in [5.41, 5.74) is 3.68. The molecule has 0 unspecified atom stereocenters. The number of hydrogen-bond donors (Lipinski definition) is 2. The first kappa shape index (κ1) is 14.9. The summed E-state index contributed by atoms with van der Waals surface area (Å²) in [5, 5.41) is 6.25. The average Bonchev–Trinajstić information content (AvgIpc) is 2.63. The summed E-state index contributed by atoms with van der Waals surface area (Å²) < 4.78 is 0. The SMILES string of the molecule is O=C(Nc1ccc(NCc2ccccc2)cc1)c1ccccc1. The van der Waals surface area contributed by atoms with Gasteiger partial charge in [-0.25, -0.2) is 0 Å². The number of benzene rings is 3. The zero-order valence-corrected chi connectivity index (χ0v) is 12.7. The average molecular weight is 302 g/mol. The van der Waals surface area contributed by atoms with Crippen molar-refractivity contribution in [1.82, 2.24) is 0 Å². The highest BCUT2D eigenvalue weighted by molar-refractivity contribution is 6.04. The molecule has 0 spiro atoms. The molecule has 0 heterocycles. The first-order valence-electron chi connectivity index (χ1n) is 7.55. The molecule has 2 N–H and O–H groups in total. The number of amides is 1. The molecule has 3 rings (SSSR count). The number of carbonyl (C=O) groups is 1. The molecule has 0 aliphatic carbocycles. The Bertz CT molecular complexity index is 753. The lowest BCUT2D eigenvalue weighted by Gasteiger charge is -2.09. The standard InChI is InChI=1S/C20H18N2O/c23-20(17-9-5-2-6-10-17)22-19-13-11-18(12-14-19)21-15-16-7-3-1-4-8-16/h1-14,21H,15H2,(H,22,23). The van der Waals surface area contributed by atoms with E-state index in [-0.39, 0.29) is 5.91 Å². The number of nitrogens with one attached hydrogen (secondary N) is 2. The summed E-state index contributed by atoms with van der Waals surface area (Å²) in [6, 6.07) is 27.1. The Morgan fingerprint density at radius 1 is 0.696 bits per heavy atom. The van der Waals surface area contributed by atoms with E-state index in [1.165, 1.54) is 5.56 Å². The minimum atomic E-state index is -0.101. The molecule has 0 fully saturated rings. The summed E-state index contributed by atoms with van der Waals surface area (Å²) in [5.74, 6) is -0.101. The van der Waals surface area contributed by atoms with Gasteiger partial charge in [0.05, 0.1) is 0 Å². The second kappa shape index (κ2) is 7.27. The van der Waals surface area contributed by atoms with Crippen molar-refractivity contribution in [3.05, 3.63) is 96.1 Å². The highest BCUT2D eigenvalue weighted by Gasteiger charge is 2.04. The highest BCUT2D eigenvalue weighted by Crippen LogP contribution is 2.15. The fourth-order valence-electron chi connectivity index (χ4n) is 2.26. The van der Waals surface area contributed by atoms with Crippen molar-refractivity contribution in [2.75, 3.05) is 10.6 Å². The van der Waals surface area contributed by atoms with Crippen LogP contribution < -0.4 is 10.6 Å². The lowest BCUT2D eigenvalue weighted by molar-refractivity contribution is 0.102. The maximum Gasteiger partial charge on any atom is 0.255 e. The van der Waals surface area contributed by atoms with Crippen LogP contribution in [0, 0.1) is 0 Å². The second-order valence-electron chi connectivity index (χ2n) is 5.24. The van der Waals surface area contributed by atoms with Gasteiger partial charge in [0.1, 0.15) is 0 Å². The maximum absolute atomic E-state index is 12.1. The smallest absolute Gasteiger partial charge is 0.255 e. The number of hydrogen-bond acceptors (Lipinski definition) is 2. The van der Waals surface area contributed by atoms with E-state index in [1.807, 2.05) is 60.7 Å². The van der Waals surface area contributed by atoms with Crippen LogP contribution in [0.1, 0.15) is 15.9 Å². The van der Waals surface area contributed by atoms with Crippen molar-refractivity contribution in [3.63, 3.8) is 0 Å². The molecule has 0 saturated carbocycles. The van der Waals surface area contributed by atoms with Crippen LogP contribution in [0.2, 0.25) is 0 Å². The van der Waals surface area contributed by atoms with E-state index in [4.69, 9.17) is 0 Å². The number of carbonyl (C=O) groups excluding carboxylic acids is 1. The highest BCUT2D eigenvalue weighted by atomic mass is 16.1. The predicted octanol–water partition coefficient (Wildman–Crippen LogP) is 4.55. The Kier molecular flexibility index (Phi) is 4.69. The van der Waals surface area contributed by atoms with Crippen LogP contribution >= 0.6 is 0 Å². The summed E-state index contributed by atoms with van der Waals surface area (Å²) in [6.07, 6.45) is 0. The lowest BCUT2D eigenvalue weighted by atomic mass is 10.2. The van der Waals surface area contributed by atoms with Crippen LogP contribution in [0.25, 0.3) is 0 Å². The summed E-state index contributed by atoms with van der Waals surface area (Å²) >= 11 is 0. The van der Waals surface area contributed by atoms with E-state index in [1.54, 1.807) is 12.1 Å². The third kappa shape index (κ3) is 4.20. The molecule has 0 aliphatic rings. The third-order valence-corrected chi connectivity index (χ3v) is 3.52. The molecule has 3 heteroatoms. The van der Waals surface area contributed by atoms with Crippen molar-refractivity contribution in [2.45, 2.75) is 6.54 Å². The fourth-order valence-corrected chi connectivity index (χ4v) is 2.26. The van der Waals surface area contributed by atoms with E-state index >= 15 is 0 Å². The predicted molar refractivity (Wildman–Crippen MR) is 94.6 cm³/mol. The van der Waals surface area contributed by atoms with Crippen LogP contribution in [-0.4, -0.2) is 5.91 Å². The first-order valence-corrected chi connectivity index (χ1v) is 7.55. The van der Waals surface area contributed by atoms with Crippen molar-refractivity contribution < 1.29 is 4.79 Å². The van der Waals surface area contributed by atoms with Crippen molar-refractivity contribution in [1.29, 1.82) is 0 Å². The Morgan fingerprint density at radius 2 is 1.26 bits per heavy atom. The van der Waals surface area contributed by atoms with Crippen LogP contribution in [0.4, 0.5) is 11.4 Å². The molecule has 0 atom stereocenters. The Labute approximate surface area is 136 Å².